The lowest BCUT2D eigenvalue weighted by Crippen LogP contribution is -2.07. The molecule has 2 rings (SSSR count). The molecular formula is C12H14Cl2N4O. The highest BCUT2D eigenvalue weighted by atomic mass is 35.5. The van der Waals surface area contributed by atoms with Crippen LogP contribution in [0.1, 0.15) is 19.4 Å². The average molecular weight is 301 g/mol. The van der Waals surface area contributed by atoms with Gasteiger partial charge in [-0.05, 0) is 31.5 Å². The highest BCUT2D eigenvalue weighted by Crippen LogP contribution is 2.35. The zero-order valence-corrected chi connectivity index (χ0v) is 12.1. The fourth-order valence-electron chi connectivity index (χ4n) is 1.54. The van der Waals surface area contributed by atoms with E-state index in [0.29, 0.717) is 28.3 Å². The highest BCUT2D eigenvalue weighted by molar-refractivity contribution is 6.37. The fourth-order valence-corrected chi connectivity index (χ4v) is 2.16. The average Bonchev–Trinajstić information content (AvgIpc) is 2.84. The second kappa shape index (κ2) is 6.12. The number of aromatic amines is 1. The molecule has 0 unspecified atom stereocenters. The zero-order chi connectivity index (χ0) is 13.8. The third kappa shape index (κ3) is 3.75. The third-order valence-corrected chi connectivity index (χ3v) is 2.85. The summed E-state index contributed by atoms with van der Waals surface area (Å²) in [5, 5.41) is 10.5. The molecule has 2 aromatic rings. The molecule has 1 heterocycles. The van der Waals surface area contributed by atoms with Crippen molar-refractivity contribution in [2.24, 2.45) is 0 Å². The number of nitrogens with zero attached hydrogens (tertiary/aromatic N) is 2. The molecule has 0 aliphatic heterocycles. The van der Waals surface area contributed by atoms with Gasteiger partial charge in [0.05, 0.1) is 16.1 Å². The van der Waals surface area contributed by atoms with Gasteiger partial charge in [0.25, 0.3) is 0 Å². The maximum Gasteiger partial charge on any atom is 0.218 e. The zero-order valence-electron chi connectivity index (χ0n) is 10.6. The number of aromatic nitrogens is 3. The van der Waals surface area contributed by atoms with Crippen molar-refractivity contribution in [3.63, 3.8) is 0 Å². The fraction of sp³-hybridized carbons (Fsp3) is 0.333. The van der Waals surface area contributed by atoms with Gasteiger partial charge in [0, 0.05) is 6.54 Å². The Labute approximate surface area is 121 Å². The highest BCUT2D eigenvalue weighted by Gasteiger charge is 2.11. The number of hydrogen-bond donors (Lipinski definition) is 2. The number of halogens is 2. The summed E-state index contributed by atoms with van der Waals surface area (Å²) in [4.78, 5) is 3.96. The van der Waals surface area contributed by atoms with Crippen LogP contribution in [0.2, 0.25) is 10.0 Å². The van der Waals surface area contributed by atoms with Crippen LogP contribution in [-0.2, 0) is 6.54 Å². The van der Waals surface area contributed by atoms with E-state index in [1.54, 1.807) is 0 Å². The van der Waals surface area contributed by atoms with Gasteiger partial charge in [0.2, 0.25) is 5.95 Å². The van der Waals surface area contributed by atoms with Crippen LogP contribution in [0, 0.1) is 0 Å². The van der Waals surface area contributed by atoms with Gasteiger partial charge in [-0.3, -0.25) is 0 Å². The Morgan fingerprint density at radius 3 is 2.53 bits per heavy atom. The van der Waals surface area contributed by atoms with E-state index >= 15 is 0 Å². The van der Waals surface area contributed by atoms with Crippen LogP contribution in [0.25, 0.3) is 0 Å². The maximum atomic E-state index is 6.17. The second-order valence-corrected chi connectivity index (χ2v) is 5.06. The minimum Gasteiger partial charge on any atom is -0.488 e. The quantitative estimate of drug-likeness (QED) is 0.887. The summed E-state index contributed by atoms with van der Waals surface area (Å²) in [7, 11) is 0. The number of H-pyrrole nitrogens is 1. The monoisotopic (exact) mass is 300 g/mol. The van der Waals surface area contributed by atoms with Crippen molar-refractivity contribution in [3.8, 4) is 5.75 Å². The molecule has 2 N–H and O–H groups in total. The molecule has 1 aromatic carbocycles. The molecule has 0 aliphatic rings. The summed E-state index contributed by atoms with van der Waals surface area (Å²) >= 11 is 12.3. The lowest BCUT2D eigenvalue weighted by atomic mass is 10.2. The molecule has 0 aliphatic carbocycles. The number of anilines is 1. The Balaban J connectivity index is 2.10. The molecule has 19 heavy (non-hydrogen) atoms. The van der Waals surface area contributed by atoms with Crippen molar-refractivity contribution >= 4 is 29.2 Å². The first kappa shape index (κ1) is 14.0. The van der Waals surface area contributed by atoms with Crippen molar-refractivity contribution in [3.05, 3.63) is 34.1 Å². The van der Waals surface area contributed by atoms with Gasteiger partial charge in [0.1, 0.15) is 6.33 Å². The lowest BCUT2D eigenvalue weighted by Gasteiger charge is -2.14. The number of nitrogens with one attached hydrogen (secondary N) is 2. The predicted molar refractivity (Wildman–Crippen MR) is 75.9 cm³/mol. The number of hydrogen-bond acceptors (Lipinski definition) is 4. The van der Waals surface area contributed by atoms with E-state index in [4.69, 9.17) is 27.9 Å². The van der Waals surface area contributed by atoms with E-state index in [2.05, 4.69) is 20.5 Å². The van der Waals surface area contributed by atoms with Crippen LogP contribution in [0.5, 0.6) is 5.75 Å². The van der Waals surface area contributed by atoms with Crippen molar-refractivity contribution in [2.75, 3.05) is 5.32 Å². The minimum atomic E-state index is 0.0215. The van der Waals surface area contributed by atoms with Gasteiger partial charge in [-0.1, -0.05) is 23.2 Å². The SMILES string of the molecule is CC(C)Oc1c(Cl)cc(CNc2ncn[nH]2)cc1Cl. The van der Waals surface area contributed by atoms with Crippen molar-refractivity contribution in [2.45, 2.75) is 26.5 Å². The summed E-state index contributed by atoms with van der Waals surface area (Å²) in [5.41, 5.74) is 0.933. The van der Waals surface area contributed by atoms with E-state index in [0.717, 1.165) is 5.56 Å². The Morgan fingerprint density at radius 2 is 2.00 bits per heavy atom. The Kier molecular flexibility index (Phi) is 4.50. The molecular weight excluding hydrogens is 287 g/mol. The van der Waals surface area contributed by atoms with E-state index < -0.39 is 0 Å². The van der Waals surface area contributed by atoms with Gasteiger partial charge in [-0.25, -0.2) is 10.1 Å². The summed E-state index contributed by atoms with van der Waals surface area (Å²) in [6.45, 7) is 4.38. The Morgan fingerprint density at radius 1 is 1.32 bits per heavy atom. The van der Waals surface area contributed by atoms with Crippen molar-refractivity contribution in [1.82, 2.24) is 15.2 Å². The van der Waals surface area contributed by atoms with Gasteiger partial charge >= 0.3 is 0 Å². The van der Waals surface area contributed by atoms with Gasteiger partial charge in [0.15, 0.2) is 5.75 Å². The molecule has 5 nitrogen and oxygen atoms in total. The molecule has 0 fully saturated rings. The lowest BCUT2D eigenvalue weighted by molar-refractivity contribution is 0.242. The molecule has 0 saturated carbocycles. The Hall–Kier alpha value is -1.46. The molecule has 0 atom stereocenters. The summed E-state index contributed by atoms with van der Waals surface area (Å²) < 4.78 is 5.57. The van der Waals surface area contributed by atoms with Crippen LogP contribution >= 0.6 is 23.2 Å². The van der Waals surface area contributed by atoms with Gasteiger partial charge in [-0.2, -0.15) is 5.10 Å². The molecule has 0 radical (unpaired) electrons. The number of rotatable bonds is 5. The van der Waals surface area contributed by atoms with E-state index in [-0.39, 0.29) is 6.10 Å². The Bertz CT molecular complexity index is 520. The first-order valence-electron chi connectivity index (χ1n) is 5.80. The first-order valence-corrected chi connectivity index (χ1v) is 6.55. The number of ether oxygens (including phenoxy) is 1. The minimum absolute atomic E-state index is 0.0215. The summed E-state index contributed by atoms with van der Waals surface area (Å²) in [6, 6.07) is 3.63. The largest absolute Gasteiger partial charge is 0.488 e. The maximum absolute atomic E-state index is 6.17. The van der Waals surface area contributed by atoms with Crippen LogP contribution in [0.3, 0.4) is 0 Å². The topological polar surface area (TPSA) is 62.8 Å². The molecule has 0 amide bonds. The van der Waals surface area contributed by atoms with Crippen molar-refractivity contribution in [1.29, 1.82) is 0 Å². The van der Waals surface area contributed by atoms with Gasteiger partial charge < -0.3 is 10.1 Å². The third-order valence-electron chi connectivity index (χ3n) is 2.29. The second-order valence-electron chi connectivity index (χ2n) is 4.24. The first-order chi connectivity index (χ1) is 9.06. The van der Waals surface area contributed by atoms with Crippen LogP contribution in [-0.4, -0.2) is 21.3 Å². The van der Waals surface area contributed by atoms with Crippen LogP contribution in [0.15, 0.2) is 18.5 Å². The molecule has 7 heteroatoms. The molecule has 1 aromatic heterocycles. The summed E-state index contributed by atoms with van der Waals surface area (Å²) in [6.07, 6.45) is 1.45. The molecule has 102 valence electrons. The predicted octanol–water partition coefficient (Wildman–Crippen LogP) is 3.51. The number of benzene rings is 1. The summed E-state index contributed by atoms with van der Waals surface area (Å²) in [5.74, 6) is 1.11. The van der Waals surface area contributed by atoms with E-state index in [1.807, 2.05) is 26.0 Å². The molecule has 0 spiro atoms. The van der Waals surface area contributed by atoms with Crippen LogP contribution < -0.4 is 10.1 Å². The standard InChI is InChI=1S/C12H14Cl2N4O/c1-7(2)19-11-9(13)3-8(4-10(11)14)5-15-12-16-6-17-18-12/h3-4,6-7H,5H2,1-2H3,(H2,15,16,17,18). The molecule has 0 bridgehead atoms. The normalized spacial score (nSPS) is 10.8. The molecule has 0 saturated heterocycles. The van der Waals surface area contributed by atoms with Crippen molar-refractivity contribution < 1.29 is 4.74 Å². The van der Waals surface area contributed by atoms with E-state index in [1.165, 1.54) is 6.33 Å². The smallest absolute Gasteiger partial charge is 0.218 e. The van der Waals surface area contributed by atoms with Gasteiger partial charge in [-0.15, -0.1) is 0 Å². The van der Waals surface area contributed by atoms with E-state index in [9.17, 15) is 0 Å². The van der Waals surface area contributed by atoms with Crippen LogP contribution in [0.4, 0.5) is 5.95 Å².